The molecule has 0 amide bonds. The molecule has 0 saturated heterocycles. The summed E-state index contributed by atoms with van der Waals surface area (Å²) in [4.78, 5) is 16.1. The van der Waals surface area contributed by atoms with Crippen LogP contribution in [0.2, 0.25) is 10.0 Å². The third-order valence-corrected chi connectivity index (χ3v) is 5.42. The maximum atomic E-state index is 12.7. The molecule has 0 bridgehead atoms. The van der Waals surface area contributed by atoms with Crippen molar-refractivity contribution in [3.63, 3.8) is 0 Å². The highest BCUT2D eigenvalue weighted by Crippen LogP contribution is 2.34. The number of hydrogen-bond acceptors (Lipinski definition) is 5. The lowest BCUT2D eigenvalue weighted by molar-refractivity contribution is 0.0594. The third kappa shape index (κ3) is 3.60. The van der Waals surface area contributed by atoms with Gasteiger partial charge in [0.1, 0.15) is 0 Å². The number of ether oxygens (including phenoxy) is 1. The Kier molecular flexibility index (Phi) is 5.04. The van der Waals surface area contributed by atoms with E-state index in [1.165, 1.54) is 37.4 Å². The molecule has 0 aliphatic rings. The summed E-state index contributed by atoms with van der Waals surface area (Å²) in [5, 5.41) is 0.819. The maximum absolute atomic E-state index is 12.7. The first-order chi connectivity index (χ1) is 12.3. The van der Waals surface area contributed by atoms with Gasteiger partial charge in [0.25, 0.3) is 10.0 Å². The number of hydrogen-bond donors (Lipinski definition) is 1. The molecule has 26 heavy (non-hydrogen) atoms. The molecule has 3 aromatic rings. The van der Waals surface area contributed by atoms with Gasteiger partial charge < -0.3 is 4.74 Å². The van der Waals surface area contributed by atoms with Crippen molar-refractivity contribution >= 4 is 55.8 Å². The Hall–Kier alpha value is -2.35. The average molecular weight is 411 g/mol. The van der Waals surface area contributed by atoms with Gasteiger partial charge in [0, 0.05) is 10.4 Å². The van der Waals surface area contributed by atoms with Crippen LogP contribution in [0.4, 0.5) is 5.69 Å². The van der Waals surface area contributed by atoms with Crippen LogP contribution >= 0.6 is 23.2 Å². The number of aromatic nitrogens is 1. The second-order valence-corrected chi connectivity index (χ2v) is 7.77. The molecule has 2 aromatic carbocycles. The predicted molar refractivity (Wildman–Crippen MR) is 100 cm³/mol. The van der Waals surface area contributed by atoms with Crippen LogP contribution in [-0.2, 0) is 14.8 Å². The molecule has 1 heterocycles. The van der Waals surface area contributed by atoms with Crippen molar-refractivity contribution in [2.45, 2.75) is 4.90 Å². The van der Waals surface area contributed by atoms with E-state index in [0.717, 1.165) is 0 Å². The normalized spacial score (nSPS) is 11.3. The second kappa shape index (κ2) is 7.11. The van der Waals surface area contributed by atoms with E-state index in [1.54, 1.807) is 18.2 Å². The van der Waals surface area contributed by atoms with Crippen LogP contribution in [0.15, 0.2) is 53.4 Å². The number of nitrogens with one attached hydrogen (secondary N) is 1. The Bertz CT molecular complexity index is 1100. The lowest BCUT2D eigenvalue weighted by atomic mass is 10.1. The van der Waals surface area contributed by atoms with E-state index in [-0.39, 0.29) is 26.8 Å². The minimum atomic E-state index is -3.90. The zero-order chi connectivity index (χ0) is 18.9. The second-order valence-electron chi connectivity index (χ2n) is 5.25. The Balaban J connectivity index is 2.22. The molecule has 0 unspecified atom stereocenters. The Morgan fingerprint density at radius 3 is 2.46 bits per heavy atom. The van der Waals surface area contributed by atoms with E-state index in [0.29, 0.717) is 10.4 Å². The summed E-state index contributed by atoms with van der Waals surface area (Å²) in [5.74, 6) is -0.719. The Morgan fingerprint density at radius 1 is 1.12 bits per heavy atom. The standard InChI is InChI=1S/C17H12Cl2N2O4S/c1-25-17(22)15-9-14(16-12(19)7-10(18)8-13(16)20-15)21-26(23,24)11-5-3-2-4-6-11/h2-9H,1H3,(H,20,21). The van der Waals surface area contributed by atoms with Crippen molar-refractivity contribution in [1.82, 2.24) is 4.98 Å². The van der Waals surface area contributed by atoms with Gasteiger partial charge in [0.15, 0.2) is 5.69 Å². The average Bonchev–Trinajstić information content (AvgIpc) is 2.60. The zero-order valence-corrected chi connectivity index (χ0v) is 15.7. The van der Waals surface area contributed by atoms with Gasteiger partial charge in [-0.3, -0.25) is 4.72 Å². The zero-order valence-electron chi connectivity index (χ0n) is 13.4. The first-order valence-corrected chi connectivity index (χ1v) is 9.52. The molecule has 0 radical (unpaired) electrons. The SMILES string of the molecule is COC(=O)c1cc(NS(=O)(=O)c2ccccc2)c2c(Cl)cc(Cl)cc2n1. The number of carbonyl (C=O) groups is 1. The van der Waals surface area contributed by atoms with Crippen LogP contribution < -0.4 is 4.72 Å². The van der Waals surface area contributed by atoms with Crippen LogP contribution in [0.1, 0.15) is 10.5 Å². The summed E-state index contributed by atoms with van der Waals surface area (Å²) >= 11 is 12.2. The third-order valence-electron chi connectivity index (χ3n) is 3.52. The van der Waals surface area contributed by atoms with E-state index in [2.05, 4.69) is 14.4 Å². The highest BCUT2D eigenvalue weighted by atomic mass is 35.5. The number of fused-ring (bicyclic) bond motifs is 1. The lowest BCUT2D eigenvalue weighted by Crippen LogP contribution is -2.14. The number of nitrogens with zero attached hydrogens (tertiary/aromatic N) is 1. The van der Waals surface area contributed by atoms with Gasteiger partial charge in [-0.2, -0.15) is 0 Å². The van der Waals surface area contributed by atoms with Gasteiger partial charge in [0.2, 0.25) is 0 Å². The van der Waals surface area contributed by atoms with Crippen LogP contribution in [-0.4, -0.2) is 26.5 Å². The number of esters is 1. The molecule has 0 aliphatic heterocycles. The molecule has 3 rings (SSSR count). The number of anilines is 1. The minimum Gasteiger partial charge on any atom is -0.464 e. The first kappa shape index (κ1) is 18.4. The van der Waals surface area contributed by atoms with Gasteiger partial charge in [-0.05, 0) is 30.3 Å². The minimum absolute atomic E-state index is 0.0645. The van der Waals surface area contributed by atoms with Crippen LogP contribution in [0, 0.1) is 0 Å². The largest absolute Gasteiger partial charge is 0.464 e. The lowest BCUT2D eigenvalue weighted by Gasteiger charge is -2.13. The van der Waals surface area contributed by atoms with Crippen molar-refractivity contribution < 1.29 is 17.9 Å². The fraction of sp³-hybridized carbons (Fsp3) is 0.0588. The highest BCUT2D eigenvalue weighted by molar-refractivity contribution is 7.92. The summed E-state index contributed by atoms with van der Waals surface area (Å²) in [5.41, 5.74) is 0.279. The molecule has 0 saturated carbocycles. The summed E-state index contributed by atoms with van der Waals surface area (Å²) in [7, 11) is -2.70. The number of rotatable bonds is 4. The molecule has 9 heteroatoms. The van der Waals surface area contributed by atoms with E-state index >= 15 is 0 Å². The van der Waals surface area contributed by atoms with Gasteiger partial charge >= 0.3 is 5.97 Å². The van der Waals surface area contributed by atoms with Crippen LogP contribution in [0.25, 0.3) is 10.9 Å². The van der Waals surface area contributed by atoms with Crippen molar-refractivity contribution in [3.8, 4) is 0 Å². The molecule has 0 fully saturated rings. The molecule has 6 nitrogen and oxygen atoms in total. The van der Waals surface area contributed by atoms with Crippen molar-refractivity contribution in [1.29, 1.82) is 0 Å². The van der Waals surface area contributed by atoms with E-state index in [1.807, 2.05) is 0 Å². The first-order valence-electron chi connectivity index (χ1n) is 7.28. The molecular formula is C17H12Cl2N2O4S. The van der Waals surface area contributed by atoms with Gasteiger partial charge in [-0.15, -0.1) is 0 Å². The molecular weight excluding hydrogens is 399 g/mol. The number of sulfonamides is 1. The molecule has 0 aliphatic carbocycles. The fourth-order valence-corrected chi connectivity index (χ4v) is 4.05. The maximum Gasteiger partial charge on any atom is 0.356 e. The summed E-state index contributed by atoms with van der Waals surface area (Å²) in [6.07, 6.45) is 0. The van der Waals surface area contributed by atoms with E-state index in [4.69, 9.17) is 23.2 Å². The molecule has 134 valence electrons. The van der Waals surface area contributed by atoms with Gasteiger partial charge in [-0.1, -0.05) is 41.4 Å². The summed E-state index contributed by atoms with van der Waals surface area (Å²) < 4.78 is 32.4. The van der Waals surface area contributed by atoms with E-state index < -0.39 is 16.0 Å². The van der Waals surface area contributed by atoms with Crippen molar-refractivity contribution in [2.24, 2.45) is 0 Å². The van der Waals surface area contributed by atoms with Crippen LogP contribution in [0.3, 0.4) is 0 Å². The van der Waals surface area contributed by atoms with E-state index in [9.17, 15) is 13.2 Å². The quantitative estimate of drug-likeness (QED) is 0.653. The van der Waals surface area contributed by atoms with Gasteiger partial charge in [0.05, 0.1) is 28.2 Å². The highest BCUT2D eigenvalue weighted by Gasteiger charge is 2.20. The molecule has 0 atom stereocenters. The number of halogens is 2. The summed E-state index contributed by atoms with van der Waals surface area (Å²) in [6, 6.07) is 12.0. The molecule has 0 spiro atoms. The number of carbonyl (C=O) groups excluding carboxylic acids is 1. The number of pyridine rings is 1. The van der Waals surface area contributed by atoms with Crippen molar-refractivity contribution in [3.05, 3.63) is 64.3 Å². The number of methoxy groups -OCH3 is 1. The molecule has 1 N–H and O–H groups in total. The predicted octanol–water partition coefficient (Wildman–Crippen LogP) is 4.13. The monoisotopic (exact) mass is 410 g/mol. The fourth-order valence-electron chi connectivity index (χ4n) is 2.38. The Morgan fingerprint density at radius 2 is 1.81 bits per heavy atom. The van der Waals surface area contributed by atoms with Crippen LogP contribution in [0.5, 0.6) is 0 Å². The van der Waals surface area contributed by atoms with Crippen molar-refractivity contribution in [2.75, 3.05) is 11.8 Å². The topological polar surface area (TPSA) is 85.4 Å². The Labute approximate surface area is 159 Å². The van der Waals surface area contributed by atoms with Gasteiger partial charge in [-0.25, -0.2) is 18.2 Å². The number of benzene rings is 2. The molecule has 1 aromatic heterocycles. The summed E-state index contributed by atoms with van der Waals surface area (Å²) in [6.45, 7) is 0. The smallest absolute Gasteiger partial charge is 0.356 e.